The highest BCUT2D eigenvalue weighted by Gasteiger charge is 2.17. The molecule has 0 saturated heterocycles. The fraction of sp³-hybridized carbons (Fsp3) is 0.267. The molecule has 0 aliphatic rings. The fourth-order valence-electron chi connectivity index (χ4n) is 4.14. The van der Waals surface area contributed by atoms with Crippen molar-refractivity contribution in [3.8, 4) is 0 Å². The number of nitrogens with one attached hydrogen (secondary N) is 2. The molecule has 3 N–H and O–H groups in total. The van der Waals surface area contributed by atoms with Crippen LogP contribution in [0.2, 0.25) is 0 Å². The molecule has 3 aromatic rings. The van der Waals surface area contributed by atoms with Gasteiger partial charge >= 0.3 is 12.0 Å². The first-order valence-corrected chi connectivity index (χ1v) is 12.5. The van der Waals surface area contributed by atoms with Gasteiger partial charge in [-0.25, -0.2) is 4.79 Å². The van der Waals surface area contributed by atoms with Crippen LogP contribution in [-0.4, -0.2) is 41.2 Å². The van der Waals surface area contributed by atoms with Gasteiger partial charge < -0.3 is 20.6 Å². The number of rotatable bonds is 11. The van der Waals surface area contributed by atoms with Gasteiger partial charge in [-0.05, 0) is 60.2 Å². The largest absolute Gasteiger partial charge is 0.481 e. The average Bonchev–Trinajstić information content (AvgIpc) is 2.89. The zero-order valence-corrected chi connectivity index (χ0v) is 21.9. The molecule has 1 atom stereocenters. The molecule has 0 spiro atoms. The Kier molecular flexibility index (Phi) is 9.76. The van der Waals surface area contributed by atoms with E-state index in [-0.39, 0.29) is 17.9 Å². The molecule has 0 fully saturated rings. The Morgan fingerprint density at radius 3 is 2.32 bits per heavy atom. The number of anilines is 2. The summed E-state index contributed by atoms with van der Waals surface area (Å²) in [5, 5.41) is 14.8. The van der Waals surface area contributed by atoms with E-state index in [2.05, 4.69) is 10.6 Å². The number of para-hydroxylation sites is 1. The van der Waals surface area contributed by atoms with Crippen molar-refractivity contribution in [3.63, 3.8) is 0 Å². The number of carbonyl (C=O) groups is 4. The van der Waals surface area contributed by atoms with Crippen LogP contribution in [0.25, 0.3) is 0 Å². The number of benzene rings is 3. The maximum absolute atomic E-state index is 12.9. The number of urea groups is 1. The summed E-state index contributed by atoms with van der Waals surface area (Å²) >= 11 is 0. The van der Waals surface area contributed by atoms with Crippen LogP contribution in [0.5, 0.6) is 0 Å². The lowest BCUT2D eigenvalue weighted by molar-refractivity contribution is -0.141. The second-order valence-electron chi connectivity index (χ2n) is 9.33. The Morgan fingerprint density at radius 2 is 1.63 bits per heavy atom. The third kappa shape index (κ3) is 7.77. The van der Waals surface area contributed by atoms with Gasteiger partial charge in [-0.1, -0.05) is 55.5 Å². The zero-order valence-electron chi connectivity index (χ0n) is 21.9. The molecule has 3 rings (SSSR count). The first kappa shape index (κ1) is 28.1. The summed E-state index contributed by atoms with van der Waals surface area (Å²) in [7, 11) is 1.70. The number of likely N-dealkylation sites (N-methyl/N-ethyl adjacent to an activating group) is 1. The summed E-state index contributed by atoms with van der Waals surface area (Å²) in [6.45, 7) is 4.11. The zero-order chi connectivity index (χ0) is 27.7. The SMILES string of the molecule is CCC(Cc1cccc(CN(C)C(=O)Cc2ccc(NC(=O)Nc3ccccc3C)c(C=O)c2)c1)C(=O)O. The molecule has 198 valence electrons. The summed E-state index contributed by atoms with van der Waals surface area (Å²) in [5.74, 6) is -1.39. The van der Waals surface area contributed by atoms with Crippen LogP contribution in [0.3, 0.4) is 0 Å². The van der Waals surface area contributed by atoms with Crippen molar-refractivity contribution < 1.29 is 24.3 Å². The molecule has 38 heavy (non-hydrogen) atoms. The number of carboxylic acid groups (broad SMARTS) is 1. The number of amides is 3. The molecule has 3 amide bonds. The van der Waals surface area contributed by atoms with Crippen LogP contribution in [0.15, 0.2) is 66.7 Å². The normalized spacial score (nSPS) is 11.3. The lowest BCUT2D eigenvalue weighted by Gasteiger charge is -2.19. The van der Waals surface area contributed by atoms with E-state index in [1.165, 1.54) is 0 Å². The van der Waals surface area contributed by atoms with Gasteiger partial charge in [0.05, 0.1) is 18.0 Å². The second kappa shape index (κ2) is 13.2. The standard InChI is InChI=1S/C30H33N3O5/c1-4-24(29(36)37)15-21-9-7-10-23(14-21)18-33(3)28(35)17-22-12-13-27(25(16-22)19-34)32-30(38)31-26-11-6-5-8-20(26)2/h5-14,16,19,24H,4,15,17-18H2,1-3H3,(H,36,37)(H2,31,32,38). The van der Waals surface area contributed by atoms with Crippen molar-refractivity contribution in [1.82, 2.24) is 4.90 Å². The van der Waals surface area contributed by atoms with Crippen LogP contribution in [0, 0.1) is 12.8 Å². The Balaban J connectivity index is 1.61. The third-order valence-corrected chi connectivity index (χ3v) is 6.40. The predicted octanol–water partition coefficient (Wildman–Crippen LogP) is 5.31. The van der Waals surface area contributed by atoms with E-state index in [4.69, 9.17) is 0 Å². The topological polar surface area (TPSA) is 116 Å². The Hall–Kier alpha value is -4.46. The van der Waals surface area contributed by atoms with Gasteiger partial charge in [-0.15, -0.1) is 0 Å². The van der Waals surface area contributed by atoms with Gasteiger partial charge in [0.1, 0.15) is 0 Å². The minimum atomic E-state index is -0.812. The number of carboxylic acids is 1. The first-order valence-electron chi connectivity index (χ1n) is 12.5. The molecule has 0 heterocycles. The maximum Gasteiger partial charge on any atom is 0.323 e. The average molecular weight is 516 g/mol. The van der Waals surface area contributed by atoms with E-state index in [1.807, 2.05) is 56.3 Å². The summed E-state index contributed by atoms with van der Waals surface area (Å²) in [6.07, 6.45) is 1.72. The minimum absolute atomic E-state index is 0.0869. The monoisotopic (exact) mass is 515 g/mol. The minimum Gasteiger partial charge on any atom is -0.481 e. The van der Waals surface area contributed by atoms with E-state index >= 15 is 0 Å². The number of carbonyl (C=O) groups excluding carboxylic acids is 3. The second-order valence-corrected chi connectivity index (χ2v) is 9.33. The highest BCUT2D eigenvalue weighted by molar-refractivity contribution is 6.03. The number of aliphatic carboxylic acids is 1. The molecule has 3 aromatic carbocycles. The first-order chi connectivity index (χ1) is 18.2. The highest BCUT2D eigenvalue weighted by Crippen LogP contribution is 2.20. The Morgan fingerprint density at radius 1 is 0.921 bits per heavy atom. The number of aldehydes is 1. The van der Waals surface area contributed by atoms with E-state index in [1.54, 1.807) is 36.2 Å². The van der Waals surface area contributed by atoms with Crippen molar-refractivity contribution in [2.45, 2.75) is 39.7 Å². The molecular formula is C30H33N3O5. The van der Waals surface area contributed by atoms with Crippen LogP contribution < -0.4 is 10.6 Å². The van der Waals surface area contributed by atoms with Crippen molar-refractivity contribution in [3.05, 3.63) is 94.5 Å². The molecule has 8 nitrogen and oxygen atoms in total. The molecule has 0 aromatic heterocycles. The van der Waals surface area contributed by atoms with Crippen molar-refractivity contribution >= 4 is 35.6 Å². The maximum atomic E-state index is 12.9. The lowest BCUT2D eigenvalue weighted by Crippen LogP contribution is -2.28. The van der Waals surface area contributed by atoms with E-state index < -0.39 is 17.9 Å². The van der Waals surface area contributed by atoms with Gasteiger partial charge in [-0.2, -0.15) is 0 Å². The molecular weight excluding hydrogens is 482 g/mol. The Bertz CT molecular complexity index is 1320. The fourth-order valence-corrected chi connectivity index (χ4v) is 4.14. The summed E-state index contributed by atoms with van der Waals surface area (Å²) in [6, 6.07) is 19.4. The number of nitrogens with zero attached hydrogens (tertiary/aromatic N) is 1. The van der Waals surface area contributed by atoms with E-state index in [9.17, 15) is 24.3 Å². The molecule has 0 aliphatic heterocycles. The summed E-state index contributed by atoms with van der Waals surface area (Å²) < 4.78 is 0. The molecule has 1 unspecified atom stereocenters. The lowest BCUT2D eigenvalue weighted by atomic mass is 9.96. The van der Waals surface area contributed by atoms with E-state index in [0.717, 1.165) is 16.7 Å². The van der Waals surface area contributed by atoms with Crippen LogP contribution in [0.4, 0.5) is 16.2 Å². The predicted molar refractivity (Wildman–Crippen MR) is 147 cm³/mol. The van der Waals surface area contributed by atoms with Crippen LogP contribution >= 0.6 is 0 Å². The molecule has 0 aliphatic carbocycles. The van der Waals surface area contributed by atoms with Gasteiger partial charge in [-0.3, -0.25) is 14.4 Å². The van der Waals surface area contributed by atoms with Gasteiger partial charge in [0.25, 0.3) is 0 Å². The molecule has 0 bridgehead atoms. The van der Waals surface area contributed by atoms with Gasteiger partial charge in [0.2, 0.25) is 5.91 Å². The van der Waals surface area contributed by atoms with E-state index in [0.29, 0.717) is 42.6 Å². The molecule has 8 heteroatoms. The third-order valence-electron chi connectivity index (χ3n) is 6.40. The van der Waals surface area contributed by atoms with Crippen molar-refractivity contribution in [2.75, 3.05) is 17.7 Å². The molecule has 0 saturated carbocycles. The van der Waals surface area contributed by atoms with Gasteiger partial charge in [0, 0.05) is 24.8 Å². The van der Waals surface area contributed by atoms with Crippen molar-refractivity contribution in [1.29, 1.82) is 0 Å². The van der Waals surface area contributed by atoms with Crippen molar-refractivity contribution in [2.24, 2.45) is 5.92 Å². The Labute approximate surface area is 222 Å². The van der Waals surface area contributed by atoms with Crippen LogP contribution in [-0.2, 0) is 29.0 Å². The number of hydrogen-bond donors (Lipinski definition) is 3. The summed E-state index contributed by atoms with van der Waals surface area (Å²) in [5.41, 5.74) is 4.67. The van der Waals surface area contributed by atoms with Gasteiger partial charge in [0.15, 0.2) is 6.29 Å². The molecule has 0 radical (unpaired) electrons. The van der Waals surface area contributed by atoms with Crippen LogP contribution in [0.1, 0.15) is 46.0 Å². The highest BCUT2D eigenvalue weighted by atomic mass is 16.4. The quantitative estimate of drug-likeness (QED) is 0.300. The summed E-state index contributed by atoms with van der Waals surface area (Å²) in [4.78, 5) is 50.0. The number of aryl methyl sites for hydroxylation is 1. The smallest absolute Gasteiger partial charge is 0.323 e. The number of hydrogen-bond acceptors (Lipinski definition) is 4.